The van der Waals surface area contributed by atoms with Crippen molar-refractivity contribution in [3.8, 4) is 0 Å². The van der Waals surface area contributed by atoms with Crippen LogP contribution in [0.1, 0.15) is 18.7 Å². The predicted octanol–water partition coefficient (Wildman–Crippen LogP) is -5.07. The number of aliphatic hydroxyl groups excluding tert-OH is 6. The number of nitrogens with two attached hydrogens (primary N) is 4. The van der Waals surface area contributed by atoms with Crippen LogP contribution in [0.3, 0.4) is 0 Å². The summed E-state index contributed by atoms with van der Waals surface area (Å²) in [6, 6.07) is 0. The van der Waals surface area contributed by atoms with Gasteiger partial charge in [-0.15, -0.1) is 0 Å². The number of anilines is 3. The van der Waals surface area contributed by atoms with Crippen LogP contribution in [0.4, 0.5) is 17.5 Å². The number of aliphatic hydroxyl groups is 6. The number of imidazole rings is 3. The van der Waals surface area contributed by atoms with Gasteiger partial charge in [0.05, 0.1) is 45.4 Å². The number of nitrogens with zero attached hydrogens (tertiary/aromatic N) is 12. The van der Waals surface area contributed by atoms with Crippen LogP contribution in [0.15, 0.2) is 38.0 Å². The fourth-order valence-electron chi connectivity index (χ4n) is 8.79. The van der Waals surface area contributed by atoms with Gasteiger partial charge >= 0.3 is 23.5 Å². The third-order valence-electron chi connectivity index (χ3n) is 12.5. The molecule has 4 saturated heterocycles. The van der Waals surface area contributed by atoms with Crippen molar-refractivity contribution in [3.63, 3.8) is 0 Å². The van der Waals surface area contributed by atoms with Gasteiger partial charge in [-0.05, 0) is 0 Å². The van der Waals surface area contributed by atoms with Crippen molar-refractivity contribution in [3.05, 3.63) is 38.0 Å². The molecule has 3 unspecified atom stereocenters. The molecule has 6 aromatic rings. The lowest BCUT2D eigenvalue weighted by Gasteiger charge is -2.26. The summed E-state index contributed by atoms with van der Waals surface area (Å²) in [5.74, 6) is -0.0706. The second-order valence-corrected chi connectivity index (χ2v) is 21.4. The fraction of sp³-hybridized carbons (Fsp3) is 0.571. The number of phosphoric acid groups is 3. The predicted molar refractivity (Wildman–Crippen MR) is 243 cm³/mol. The Hall–Kier alpha value is -5.06. The standard InChI is InChI=1S/C35H47N16O22P3/c36-26-15-30(43-5-40-26)49(8-46-15)33-19(54)18(53)12(69-33)2-64-74(58,59)73-25-14(70-35(22(25)57)51-10-48-17-28(38)42-7-45-32(17)51)4-66-76(62,63)72-24-13(67-29(39)20(24)55)3-65-75(60,61)71-23-11(1-52)68-34(21(23)56)50-9-47-16-27(37)41-6-44-31(16)50/h5-14,18-25,29,33-35,52-57H,1-4,39H2,(H,58,59)(H,60,61)(H,62,63)(H2,36,40,43)(H2,37,41,44)(H2,38,42,45)/t11-,12-,13-,14-,18-,19-,20-,21-,22-,23-,24-,25-,29-,33-,34-,35-/m1/s1. The molecule has 0 radical (unpaired) electrons. The molecule has 414 valence electrons. The van der Waals surface area contributed by atoms with E-state index in [0.717, 1.165) is 29.9 Å². The van der Waals surface area contributed by atoms with Gasteiger partial charge in [0.15, 0.2) is 53.1 Å². The van der Waals surface area contributed by atoms with Gasteiger partial charge in [0.1, 0.15) is 115 Å². The number of aromatic nitrogens is 12. The minimum Gasteiger partial charge on any atom is -0.394 e. The highest BCUT2D eigenvalue weighted by molar-refractivity contribution is 7.48. The maximum atomic E-state index is 13.6. The normalized spacial score (nSPS) is 34.3. The SMILES string of the molecule is Nc1ncnc2c1ncn2[C@@H]1O[C@H](COP(=O)(O)O[C@H]2[C@@H](O)[C@H](n3cnc4c(N)ncnc43)O[C@@H]2COP(=O)(O)O[C@H]2[C@@H](O)[C@H](N)O[C@@H]2COP(=O)(O)O[C@H]2[C@@H](O)[C@H](n3cnc4c(N)ncnc43)O[C@@H]2CO)[C@@H](O)[C@H]1O. The average Bonchev–Trinajstić information content (AvgIpc) is 4.30. The maximum Gasteiger partial charge on any atom is 0.472 e. The number of hydrogen-bond acceptors (Lipinski definition) is 32. The first-order chi connectivity index (χ1) is 36.0. The number of rotatable bonds is 19. The van der Waals surface area contributed by atoms with E-state index < -0.39 is 148 Å². The Labute approximate surface area is 422 Å². The molecule has 41 heteroatoms. The van der Waals surface area contributed by atoms with E-state index in [1.807, 2.05) is 0 Å². The largest absolute Gasteiger partial charge is 0.472 e. The fourth-order valence-corrected chi connectivity index (χ4v) is 11.7. The molecule has 17 N–H and O–H groups in total. The van der Waals surface area contributed by atoms with Gasteiger partial charge in [-0.25, -0.2) is 58.6 Å². The van der Waals surface area contributed by atoms with Gasteiger partial charge in [0.25, 0.3) is 0 Å². The third-order valence-corrected chi connectivity index (χ3v) is 15.4. The zero-order chi connectivity index (χ0) is 54.2. The van der Waals surface area contributed by atoms with Crippen molar-refractivity contribution in [1.29, 1.82) is 0 Å². The topological polar surface area (TPSA) is 560 Å². The molecule has 4 aliphatic heterocycles. The van der Waals surface area contributed by atoms with Crippen LogP contribution in [-0.2, 0) is 59.8 Å². The summed E-state index contributed by atoms with van der Waals surface area (Å²) in [5, 5.41) is 65.4. The number of hydrogen-bond donors (Lipinski definition) is 13. The second-order valence-electron chi connectivity index (χ2n) is 17.2. The van der Waals surface area contributed by atoms with Crippen molar-refractivity contribution in [2.45, 2.75) is 98.2 Å². The van der Waals surface area contributed by atoms with Gasteiger partial charge < -0.3 is 87.2 Å². The molecule has 10 heterocycles. The van der Waals surface area contributed by atoms with Crippen molar-refractivity contribution >= 4 is 74.4 Å². The molecule has 0 aromatic carbocycles. The number of fused-ring (bicyclic) bond motifs is 3. The van der Waals surface area contributed by atoms with Gasteiger partial charge in [0.2, 0.25) is 0 Å². The molecular weight excluding hydrogens is 1090 g/mol. The van der Waals surface area contributed by atoms with Crippen LogP contribution in [0.2, 0.25) is 0 Å². The molecule has 0 aliphatic carbocycles. The van der Waals surface area contributed by atoms with Crippen molar-refractivity contribution < 1.29 is 105 Å². The lowest BCUT2D eigenvalue weighted by atomic mass is 10.1. The van der Waals surface area contributed by atoms with Gasteiger partial charge in [-0.3, -0.25) is 40.8 Å². The first-order valence-corrected chi connectivity index (χ1v) is 26.7. The van der Waals surface area contributed by atoms with Crippen molar-refractivity contribution in [2.24, 2.45) is 5.73 Å². The first-order valence-electron chi connectivity index (χ1n) is 22.2. The van der Waals surface area contributed by atoms with Crippen LogP contribution in [0.5, 0.6) is 0 Å². The van der Waals surface area contributed by atoms with Crippen LogP contribution in [-0.4, -0.2) is 210 Å². The Morgan fingerprint density at radius 3 is 1.24 bits per heavy atom. The molecule has 6 aromatic heterocycles. The zero-order valence-electron chi connectivity index (χ0n) is 38.4. The van der Waals surface area contributed by atoms with Crippen LogP contribution >= 0.6 is 23.5 Å². The van der Waals surface area contributed by atoms with E-state index in [4.69, 9.17) is 69.0 Å². The number of phosphoric ester groups is 3. The minimum atomic E-state index is -5.51. The first kappa shape index (κ1) is 54.3. The molecule has 4 aliphatic rings. The highest BCUT2D eigenvalue weighted by Gasteiger charge is 2.54. The third kappa shape index (κ3) is 10.4. The Bertz CT molecular complexity index is 3230. The van der Waals surface area contributed by atoms with E-state index in [9.17, 15) is 59.0 Å². The monoisotopic (exact) mass is 1140 g/mol. The molecule has 4 fully saturated rings. The number of ether oxygens (including phenoxy) is 4. The van der Waals surface area contributed by atoms with E-state index >= 15 is 0 Å². The lowest BCUT2D eigenvalue weighted by molar-refractivity contribution is -0.0618. The molecule has 0 spiro atoms. The Morgan fingerprint density at radius 1 is 0.474 bits per heavy atom. The summed E-state index contributed by atoms with van der Waals surface area (Å²) < 4.78 is 98.2. The smallest absolute Gasteiger partial charge is 0.394 e. The summed E-state index contributed by atoms with van der Waals surface area (Å²) in [7, 11) is -16.2. The van der Waals surface area contributed by atoms with Crippen molar-refractivity contribution in [1.82, 2.24) is 58.6 Å². The van der Waals surface area contributed by atoms with Crippen LogP contribution in [0, 0.1) is 0 Å². The molecule has 0 saturated carbocycles. The van der Waals surface area contributed by atoms with Crippen LogP contribution in [0.25, 0.3) is 33.5 Å². The summed E-state index contributed by atoms with van der Waals surface area (Å²) >= 11 is 0. The zero-order valence-corrected chi connectivity index (χ0v) is 41.1. The quantitative estimate of drug-likeness (QED) is 0.0338. The molecule has 0 bridgehead atoms. The summed E-state index contributed by atoms with van der Waals surface area (Å²) in [4.78, 5) is 68.8. The summed E-state index contributed by atoms with van der Waals surface area (Å²) in [6.45, 7) is -3.93. The molecule has 19 atom stereocenters. The molecular formula is C35H47N16O22P3. The van der Waals surface area contributed by atoms with E-state index in [1.54, 1.807) is 0 Å². The van der Waals surface area contributed by atoms with E-state index in [1.165, 1.54) is 21.8 Å². The van der Waals surface area contributed by atoms with E-state index in [-0.39, 0.29) is 50.9 Å². The highest BCUT2D eigenvalue weighted by atomic mass is 31.2. The average molecular weight is 1140 g/mol. The van der Waals surface area contributed by atoms with Gasteiger partial charge in [0, 0.05) is 0 Å². The minimum absolute atomic E-state index is 0.000262. The van der Waals surface area contributed by atoms with E-state index in [0.29, 0.717) is 0 Å². The van der Waals surface area contributed by atoms with Gasteiger partial charge in [-0.1, -0.05) is 0 Å². The summed E-state index contributed by atoms with van der Waals surface area (Å²) in [5.41, 5.74) is 24.0. The molecule has 0 amide bonds. The molecule has 38 nitrogen and oxygen atoms in total. The Kier molecular flexibility index (Phi) is 15.0. The maximum absolute atomic E-state index is 13.6. The molecule has 10 rings (SSSR count). The Balaban J connectivity index is 0.801. The van der Waals surface area contributed by atoms with Gasteiger partial charge in [-0.2, -0.15) is 0 Å². The van der Waals surface area contributed by atoms with E-state index in [2.05, 4.69) is 44.9 Å². The second kappa shape index (κ2) is 21.0. The Morgan fingerprint density at radius 2 is 0.816 bits per heavy atom. The van der Waals surface area contributed by atoms with Crippen LogP contribution < -0.4 is 22.9 Å². The lowest BCUT2D eigenvalue weighted by Crippen LogP contribution is -2.39. The van der Waals surface area contributed by atoms with Crippen molar-refractivity contribution in [2.75, 3.05) is 43.6 Å². The number of nitrogen functional groups attached to an aromatic ring is 3. The molecule has 76 heavy (non-hydrogen) atoms. The summed E-state index contributed by atoms with van der Waals surface area (Å²) in [6.07, 6.45) is -20.5. The highest BCUT2D eigenvalue weighted by Crippen LogP contribution is 2.53.